The van der Waals surface area contributed by atoms with Gasteiger partial charge in [0.25, 0.3) is 5.91 Å². The molecule has 0 aliphatic carbocycles. The molecule has 3 aromatic carbocycles. The maximum absolute atomic E-state index is 13.2. The fourth-order valence-corrected chi connectivity index (χ4v) is 4.44. The lowest BCUT2D eigenvalue weighted by Gasteiger charge is -2.30. The van der Waals surface area contributed by atoms with Gasteiger partial charge in [-0.1, -0.05) is 42.5 Å². The molecule has 150 valence electrons. The molecular formula is C24H20N2O4. The van der Waals surface area contributed by atoms with E-state index in [1.807, 2.05) is 48.5 Å². The van der Waals surface area contributed by atoms with Crippen molar-refractivity contribution in [1.82, 2.24) is 5.32 Å². The third-order valence-corrected chi connectivity index (χ3v) is 5.94. The third-order valence-electron chi connectivity index (χ3n) is 5.94. The number of piperidine rings is 1. The number of nitrogens with zero attached hydrogens (tertiary/aromatic N) is 1. The summed E-state index contributed by atoms with van der Waals surface area (Å²) in [6.07, 6.45) is 1.24. The van der Waals surface area contributed by atoms with Gasteiger partial charge in [0.1, 0.15) is 6.04 Å². The Morgan fingerprint density at radius 1 is 0.967 bits per heavy atom. The van der Waals surface area contributed by atoms with Gasteiger partial charge in [0.05, 0.1) is 12.3 Å². The molecule has 0 saturated carbocycles. The lowest BCUT2D eigenvalue weighted by Crippen LogP contribution is -2.53. The Morgan fingerprint density at radius 2 is 1.73 bits per heavy atom. The summed E-state index contributed by atoms with van der Waals surface area (Å²) in [5.41, 5.74) is 4.37. The first kappa shape index (κ1) is 18.5. The van der Waals surface area contributed by atoms with E-state index < -0.39 is 11.9 Å². The molecule has 0 bridgehead atoms. The Hall–Kier alpha value is -3.51. The van der Waals surface area contributed by atoms with Crippen molar-refractivity contribution >= 4 is 34.2 Å². The second-order valence-electron chi connectivity index (χ2n) is 7.77. The van der Waals surface area contributed by atoms with Crippen molar-refractivity contribution < 1.29 is 19.5 Å². The number of amides is 3. The summed E-state index contributed by atoms with van der Waals surface area (Å²) in [4.78, 5) is 38.7. The van der Waals surface area contributed by atoms with Crippen molar-refractivity contribution in [3.05, 3.63) is 76.9 Å². The lowest BCUT2D eigenvalue weighted by atomic mass is 9.95. The SMILES string of the molecule is O=C1CCC(N2C(=O)c3cccc4c(Cc5ccc(CO)cc5)ccc2c34)C(=O)N1. The first-order chi connectivity index (χ1) is 14.6. The molecule has 0 radical (unpaired) electrons. The number of anilines is 1. The van der Waals surface area contributed by atoms with Gasteiger partial charge in [-0.2, -0.15) is 0 Å². The first-order valence-corrected chi connectivity index (χ1v) is 9.97. The van der Waals surface area contributed by atoms with Gasteiger partial charge in [-0.3, -0.25) is 24.6 Å². The average molecular weight is 400 g/mol. The van der Waals surface area contributed by atoms with Crippen LogP contribution in [0.5, 0.6) is 0 Å². The predicted molar refractivity (Wildman–Crippen MR) is 112 cm³/mol. The van der Waals surface area contributed by atoms with E-state index in [0.29, 0.717) is 18.4 Å². The van der Waals surface area contributed by atoms with E-state index in [4.69, 9.17) is 0 Å². The molecule has 2 heterocycles. The number of hydrogen-bond acceptors (Lipinski definition) is 4. The monoisotopic (exact) mass is 400 g/mol. The molecule has 0 spiro atoms. The van der Waals surface area contributed by atoms with Gasteiger partial charge in [0.2, 0.25) is 11.8 Å². The number of hydrogen-bond donors (Lipinski definition) is 2. The fourth-order valence-electron chi connectivity index (χ4n) is 4.44. The van der Waals surface area contributed by atoms with E-state index in [2.05, 4.69) is 5.32 Å². The van der Waals surface area contributed by atoms with Crippen LogP contribution in [0.1, 0.15) is 39.9 Å². The standard InChI is InChI=1S/C24H20N2O4/c27-13-15-6-4-14(5-7-15)12-16-8-9-19-22-17(16)2-1-3-18(22)24(30)26(19)20-10-11-21(28)25-23(20)29/h1-9,20,27H,10-13H2,(H,25,28,29). The van der Waals surface area contributed by atoms with Gasteiger partial charge in [0.15, 0.2) is 0 Å². The van der Waals surface area contributed by atoms with E-state index in [9.17, 15) is 19.5 Å². The average Bonchev–Trinajstić information content (AvgIpc) is 3.04. The van der Waals surface area contributed by atoms with Crippen LogP contribution in [0, 0.1) is 0 Å². The minimum Gasteiger partial charge on any atom is -0.392 e. The maximum atomic E-state index is 13.2. The highest BCUT2D eigenvalue weighted by Gasteiger charge is 2.40. The van der Waals surface area contributed by atoms with Crippen LogP contribution < -0.4 is 10.2 Å². The summed E-state index contributed by atoms with van der Waals surface area (Å²) in [6.45, 7) is 0.0134. The van der Waals surface area contributed by atoms with Crippen molar-refractivity contribution in [2.24, 2.45) is 0 Å². The molecule has 3 amide bonds. The summed E-state index contributed by atoms with van der Waals surface area (Å²) < 4.78 is 0. The molecule has 2 aliphatic rings. The summed E-state index contributed by atoms with van der Waals surface area (Å²) in [5.74, 6) is -0.920. The zero-order valence-corrected chi connectivity index (χ0v) is 16.2. The molecule has 2 aliphatic heterocycles. The van der Waals surface area contributed by atoms with Gasteiger partial charge in [-0.15, -0.1) is 0 Å². The zero-order valence-electron chi connectivity index (χ0n) is 16.2. The van der Waals surface area contributed by atoms with Crippen LogP contribution in [-0.2, 0) is 22.6 Å². The van der Waals surface area contributed by atoms with E-state index in [0.717, 1.165) is 33.2 Å². The Kier molecular flexibility index (Phi) is 4.37. The molecule has 1 saturated heterocycles. The summed E-state index contributed by atoms with van der Waals surface area (Å²) in [5, 5.41) is 13.4. The number of rotatable bonds is 4. The molecule has 5 rings (SSSR count). The number of aliphatic hydroxyl groups excluding tert-OH is 1. The van der Waals surface area contributed by atoms with Crippen LogP contribution in [0.2, 0.25) is 0 Å². The van der Waals surface area contributed by atoms with Gasteiger partial charge < -0.3 is 5.11 Å². The molecule has 30 heavy (non-hydrogen) atoms. The van der Waals surface area contributed by atoms with Crippen molar-refractivity contribution in [2.75, 3.05) is 4.90 Å². The van der Waals surface area contributed by atoms with Crippen molar-refractivity contribution in [1.29, 1.82) is 0 Å². The van der Waals surface area contributed by atoms with E-state index in [1.54, 1.807) is 11.0 Å². The lowest BCUT2D eigenvalue weighted by molar-refractivity contribution is -0.134. The molecule has 2 N–H and O–H groups in total. The van der Waals surface area contributed by atoms with Crippen LogP contribution in [0.3, 0.4) is 0 Å². The van der Waals surface area contributed by atoms with E-state index in [1.165, 1.54) is 0 Å². The fraction of sp³-hybridized carbons (Fsp3) is 0.208. The molecular weight excluding hydrogens is 380 g/mol. The Labute approximate surface area is 173 Å². The highest BCUT2D eigenvalue weighted by Crippen LogP contribution is 2.41. The smallest absolute Gasteiger partial charge is 0.259 e. The van der Waals surface area contributed by atoms with Crippen LogP contribution in [0.25, 0.3) is 10.8 Å². The minimum atomic E-state index is -0.678. The van der Waals surface area contributed by atoms with Gasteiger partial charge >= 0.3 is 0 Å². The van der Waals surface area contributed by atoms with Crippen LogP contribution in [0.4, 0.5) is 5.69 Å². The van der Waals surface area contributed by atoms with Gasteiger partial charge in [-0.25, -0.2) is 0 Å². The molecule has 1 atom stereocenters. The van der Waals surface area contributed by atoms with Crippen LogP contribution in [-0.4, -0.2) is 28.9 Å². The van der Waals surface area contributed by atoms with Gasteiger partial charge in [0, 0.05) is 17.4 Å². The summed E-state index contributed by atoms with van der Waals surface area (Å²) in [6, 6.07) is 16.7. The molecule has 6 nitrogen and oxygen atoms in total. The molecule has 3 aromatic rings. The maximum Gasteiger partial charge on any atom is 0.259 e. The second-order valence-corrected chi connectivity index (χ2v) is 7.77. The first-order valence-electron chi connectivity index (χ1n) is 9.97. The zero-order chi connectivity index (χ0) is 20.8. The number of imide groups is 1. The van der Waals surface area contributed by atoms with E-state index in [-0.39, 0.29) is 24.8 Å². The van der Waals surface area contributed by atoms with E-state index >= 15 is 0 Å². The number of carbonyl (C=O) groups excluding carboxylic acids is 3. The molecule has 6 heteroatoms. The molecule has 1 unspecified atom stereocenters. The predicted octanol–water partition coefficient (Wildman–Crippen LogP) is 2.69. The summed E-state index contributed by atoms with van der Waals surface area (Å²) in [7, 11) is 0. The van der Waals surface area contributed by atoms with Crippen molar-refractivity contribution in [3.8, 4) is 0 Å². The number of benzene rings is 3. The Bertz CT molecular complexity index is 1200. The quantitative estimate of drug-likeness (QED) is 0.660. The Balaban J connectivity index is 1.56. The Morgan fingerprint density at radius 3 is 2.47 bits per heavy atom. The highest BCUT2D eigenvalue weighted by molar-refractivity contribution is 6.27. The number of nitrogens with one attached hydrogen (secondary N) is 1. The molecule has 0 aromatic heterocycles. The number of aliphatic hydroxyl groups is 1. The van der Waals surface area contributed by atoms with Crippen molar-refractivity contribution in [3.63, 3.8) is 0 Å². The minimum absolute atomic E-state index is 0.0134. The number of carbonyl (C=O) groups is 3. The highest BCUT2D eigenvalue weighted by atomic mass is 16.3. The third kappa shape index (κ3) is 2.88. The topological polar surface area (TPSA) is 86.7 Å². The molecule has 1 fully saturated rings. The van der Waals surface area contributed by atoms with Crippen LogP contribution >= 0.6 is 0 Å². The normalized spacial score (nSPS) is 18.2. The largest absolute Gasteiger partial charge is 0.392 e. The van der Waals surface area contributed by atoms with Crippen molar-refractivity contribution in [2.45, 2.75) is 31.9 Å². The second kappa shape index (κ2) is 7.07. The van der Waals surface area contributed by atoms with Gasteiger partial charge in [-0.05, 0) is 47.1 Å². The van der Waals surface area contributed by atoms with Crippen LogP contribution in [0.15, 0.2) is 54.6 Å². The summed E-state index contributed by atoms with van der Waals surface area (Å²) >= 11 is 0.